The summed E-state index contributed by atoms with van der Waals surface area (Å²) in [4.78, 5) is 20.2. The quantitative estimate of drug-likeness (QED) is 0.806. The summed E-state index contributed by atoms with van der Waals surface area (Å²) in [6.45, 7) is 1.86. The van der Waals surface area contributed by atoms with Crippen LogP contribution in [-0.2, 0) is 6.42 Å². The summed E-state index contributed by atoms with van der Waals surface area (Å²) in [5.74, 6) is 0.445. The number of ketones is 1. The van der Waals surface area contributed by atoms with Gasteiger partial charge in [-0.3, -0.25) is 4.79 Å². The molecule has 0 amide bonds. The highest BCUT2D eigenvalue weighted by molar-refractivity contribution is 6.30. The van der Waals surface area contributed by atoms with E-state index < -0.39 is 0 Å². The number of aryl methyl sites for hydroxylation is 1. The minimum Gasteiger partial charge on any atom is -0.481 e. The van der Waals surface area contributed by atoms with Crippen LogP contribution < -0.4 is 4.74 Å². The molecule has 0 spiro atoms. The fourth-order valence-corrected chi connectivity index (χ4v) is 2.01. The van der Waals surface area contributed by atoms with Gasteiger partial charge in [0.05, 0.1) is 19.2 Å². The Morgan fingerprint density at radius 2 is 2.11 bits per heavy atom. The van der Waals surface area contributed by atoms with Crippen LogP contribution in [0.3, 0.4) is 0 Å². The highest BCUT2D eigenvalue weighted by Crippen LogP contribution is 2.17. The molecule has 0 radical (unpaired) electrons. The van der Waals surface area contributed by atoms with Crippen molar-refractivity contribution in [1.29, 1.82) is 0 Å². The maximum atomic E-state index is 12.2. The Kier molecular flexibility index (Phi) is 4.12. The summed E-state index contributed by atoms with van der Waals surface area (Å²) in [5.41, 5.74) is 2.15. The number of aromatic nitrogens is 2. The molecule has 0 saturated carbocycles. The zero-order valence-electron chi connectivity index (χ0n) is 10.7. The van der Waals surface area contributed by atoms with Crippen molar-refractivity contribution in [3.63, 3.8) is 0 Å². The van der Waals surface area contributed by atoms with Crippen molar-refractivity contribution >= 4 is 17.4 Å². The molecule has 1 heterocycles. The van der Waals surface area contributed by atoms with Gasteiger partial charge in [-0.1, -0.05) is 11.6 Å². The van der Waals surface area contributed by atoms with E-state index in [0.717, 1.165) is 5.56 Å². The second-order valence-corrected chi connectivity index (χ2v) is 4.55. The summed E-state index contributed by atoms with van der Waals surface area (Å²) < 4.78 is 5.00. The molecule has 2 rings (SSSR count). The first-order valence-electron chi connectivity index (χ1n) is 5.74. The van der Waals surface area contributed by atoms with E-state index in [1.807, 2.05) is 6.92 Å². The van der Waals surface area contributed by atoms with Crippen molar-refractivity contribution in [2.24, 2.45) is 0 Å². The molecule has 0 fully saturated rings. The van der Waals surface area contributed by atoms with Crippen LogP contribution in [0, 0.1) is 6.92 Å². The standard InChI is InChI=1S/C14H13ClN2O2/c1-9-5-10(15)3-4-12(9)13(18)6-11-7-14(19-2)17-8-16-11/h3-5,7-8H,6H2,1-2H3. The third-order valence-electron chi connectivity index (χ3n) is 2.74. The molecule has 0 aliphatic heterocycles. The molecular weight excluding hydrogens is 264 g/mol. The number of ether oxygens (including phenoxy) is 1. The lowest BCUT2D eigenvalue weighted by atomic mass is 10.0. The number of Topliss-reactive ketones (excluding diaryl/α,β-unsaturated/α-hetero) is 1. The van der Waals surface area contributed by atoms with Crippen LogP contribution in [0.2, 0.25) is 5.02 Å². The third kappa shape index (κ3) is 3.29. The van der Waals surface area contributed by atoms with Crippen LogP contribution >= 0.6 is 11.6 Å². The Balaban J connectivity index is 2.20. The predicted molar refractivity (Wildman–Crippen MR) is 72.8 cm³/mol. The minimum atomic E-state index is -0.00470. The topological polar surface area (TPSA) is 52.1 Å². The van der Waals surface area contributed by atoms with Crippen molar-refractivity contribution in [2.45, 2.75) is 13.3 Å². The van der Waals surface area contributed by atoms with Gasteiger partial charge >= 0.3 is 0 Å². The molecule has 0 aliphatic carbocycles. The molecule has 0 unspecified atom stereocenters. The highest BCUT2D eigenvalue weighted by Gasteiger charge is 2.11. The summed E-state index contributed by atoms with van der Waals surface area (Å²) in [6.07, 6.45) is 1.59. The van der Waals surface area contributed by atoms with E-state index in [4.69, 9.17) is 16.3 Å². The monoisotopic (exact) mass is 276 g/mol. The maximum Gasteiger partial charge on any atom is 0.216 e. The number of carbonyl (C=O) groups is 1. The molecule has 2 aromatic rings. The normalized spacial score (nSPS) is 10.3. The molecule has 0 N–H and O–H groups in total. The van der Waals surface area contributed by atoms with Gasteiger partial charge < -0.3 is 4.74 Å². The molecule has 0 bridgehead atoms. The number of hydrogen-bond acceptors (Lipinski definition) is 4. The van der Waals surface area contributed by atoms with Crippen molar-refractivity contribution in [1.82, 2.24) is 9.97 Å². The van der Waals surface area contributed by atoms with Crippen LogP contribution in [-0.4, -0.2) is 22.9 Å². The smallest absolute Gasteiger partial charge is 0.216 e. The first kappa shape index (κ1) is 13.5. The summed E-state index contributed by atoms with van der Waals surface area (Å²) >= 11 is 5.87. The molecule has 98 valence electrons. The average Bonchev–Trinajstić information content (AvgIpc) is 2.38. The summed E-state index contributed by atoms with van der Waals surface area (Å²) in [7, 11) is 1.53. The van der Waals surface area contributed by atoms with Gasteiger partial charge in [0.15, 0.2) is 5.78 Å². The number of carbonyl (C=O) groups excluding carboxylic acids is 1. The largest absolute Gasteiger partial charge is 0.481 e. The minimum absolute atomic E-state index is 0.00470. The number of halogens is 1. The number of methoxy groups -OCH3 is 1. The molecule has 0 aliphatic rings. The number of nitrogens with zero attached hydrogens (tertiary/aromatic N) is 2. The van der Waals surface area contributed by atoms with Crippen molar-refractivity contribution in [3.8, 4) is 5.88 Å². The van der Waals surface area contributed by atoms with E-state index >= 15 is 0 Å². The van der Waals surface area contributed by atoms with Crippen LogP contribution in [0.5, 0.6) is 5.88 Å². The Hall–Kier alpha value is -1.94. The molecular formula is C14H13ClN2O2. The first-order valence-corrected chi connectivity index (χ1v) is 6.12. The highest BCUT2D eigenvalue weighted by atomic mass is 35.5. The van der Waals surface area contributed by atoms with E-state index in [1.165, 1.54) is 13.4 Å². The third-order valence-corrected chi connectivity index (χ3v) is 2.97. The summed E-state index contributed by atoms with van der Waals surface area (Å²) in [5, 5.41) is 0.623. The second-order valence-electron chi connectivity index (χ2n) is 4.11. The van der Waals surface area contributed by atoms with E-state index in [0.29, 0.717) is 22.2 Å². The zero-order chi connectivity index (χ0) is 13.8. The fourth-order valence-electron chi connectivity index (χ4n) is 1.78. The molecule has 19 heavy (non-hydrogen) atoms. The van der Waals surface area contributed by atoms with Gasteiger partial charge in [-0.25, -0.2) is 9.97 Å². The maximum absolute atomic E-state index is 12.2. The Bertz CT molecular complexity index is 614. The van der Waals surface area contributed by atoms with Gasteiger partial charge in [-0.05, 0) is 30.7 Å². The van der Waals surface area contributed by atoms with Crippen LogP contribution in [0.15, 0.2) is 30.6 Å². The molecule has 5 heteroatoms. The van der Waals surface area contributed by atoms with E-state index in [1.54, 1.807) is 24.3 Å². The van der Waals surface area contributed by atoms with Gasteiger partial charge in [0.1, 0.15) is 6.33 Å². The Morgan fingerprint density at radius 1 is 1.32 bits per heavy atom. The number of rotatable bonds is 4. The Morgan fingerprint density at radius 3 is 2.79 bits per heavy atom. The average molecular weight is 277 g/mol. The molecule has 1 aromatic heterocycles. The van der Waals surface area contributed by atoms with Gasteiger partial charge in [-0.15, -0.1) is 0 Å². The molecule has 0 atom stereocenters. The fraction of sp³-hybridized carbons (Fsp3) is 0.214. The van der Waals surface area contributed by atoms with Crippen LogP contribution in [0.25, 0.3) is 0 Å². The van der Waals surface area contributed by atoms with E-state index in [2.05, 4.69) is 9.97 Å². The zero-order valence-corrected chi connectivity index (χ0v) is 11.4. The predicted octanol–water partition coefficient (Wildman–Crippen LogP) is 2.87. The molecule has 0 saturated heterocycles. The van der Waals surface area contributed by atoms with Crippen molar-refractivity contribution in [3.05, 3.63) is 52.4 Å². The second kappa shape index (κ2) is 5.80. The van der Waals surface area contributed by atoms with Crippen molar-refractivity contribution in [2.75, 3.05) is 7.11 Å². The van der Waals surface area contributed by atoms with Gasteiger partial charge in [0, 0.05) is 16.7 Å². The van der Waals surface area contributed by atoms with E-state index in [9.17, 15) is 4.79 Å². The molecule has 1 aromatic carbocycles. The van der Waals surface area contributed by atoms with Gasteiger partial charge in [-0.2, -0.15) is 0 Å². The van der Waals surface area contributed by atoms with Crippen LogP contribution in [0.1, 0.15) is 21.6 Å². The van der Waals surface area contributed by atoms with Crippen molar-refractivity contribution < 1.29 is 9.53 Å². The van der Waals surface area contributed by atoms with Gasteiger partial charge in [0.25, 0.3) is 0 Å². The van der Waals surface area contributed by atoms with E-state index in [-0.39, 0.29) is 12.2 Å². The molecule has 4 nitrogen and oxygen atoms in total. The lowest BCUT2D eigenvalue weighted by Gasteiger charge is -2.06. The van der Waals surface area contributed by atoms with Crippen LogP contribution in [0.4, 0.5) is 0 Å². The lowest BCUT2D eigenvalue weighted by molar-refractivity contribution is 0.0991. The first-order chi connectivity index (χ1) is 9.10. The Labute approximate surface area is 116 Å². The summed E-state index contributed by atoms with van der Waals surface area (Å²) in [6, 6.07) is 6.87. The SMILES string of the molecule is COc1cc(CC(=O)c2ccc(Cl)cc2C)ncn1. The number of benzene rings is 1. The number of hydrogen-bond donors (Lipinski definition) is 0. The lowest BCUT2D eigenvalue weighted by Crippen LogP contribution is -2.07. The van der Waals surface area contributed by atoms with Gasteiger partial charge in [0.2, 0.25) is 5.88 Å².